The summed E-state index contributed by atoms with van der Waals surface area (Å²) < 4.78 is 7.32. The normalized spacial score (nSPS) is 22.1. The zero-order chi connectivity index (χ0) is 20.5. The molecule has 0 amide bonds. The van der Waals surface area contributed by atoms with Gasteiger partial charge in [-0.05, 0) is 35.6 Å². The first kappa shape index (κ1) is 19.5. The molecular weight excluding hydrogens is 370 g/mol. The Morgan fingerprint density at radius 3 is 2.38 bits per heavy atom. The summed E-state index contributed by atoms with van der Waals surface area (Å²) in [5, 5.41) is 41.1. The molecule has 1 aliphatic heterocycles. The Balaban J connectivity index is 1.78. The number of aliphatic hydroxyl groups is 4. The number of hydrogen-bond acceptors (Lipinski definition) is 5. The summed E-state index contributed by atoms with van der Waals surface area (Å²) in [6.45, 7) is 1.64. The maximum absolute atomic E-state index is 10.4. The molecule has 0 radical (unpaired) electrons. The summed E-state index contributed by atoms with van der Waals surface area (Å²) in [6.07, 6.45) is -0.403. The number of para-hydroxylation sites is 1. The summed E-state index contributed by atoms with van der Waals surface area (Å²) in [5.74, 6) is -0.438. The first-order valence-electron chi connectivity index (χ1n) is 9.77. The summed E-state index contributed by atoms with van der Waals surface area (Å²) in [6, 6.07) is 16.2. The van der Waals surface area contributed by atoms with Gasteiger partial charge in [0.15, 0.2) is 11.9 Å². The van der Waals surface area contributed by atoms with E-state index in [2.05, 4.69) is 31.2 Å². The maximum Gasteiger partial charge on any atom is 0.240 e. The second-order valence-corrected chi connectivity index (χ2v) is 7.35. The van der Waals surface area contributed by atoms with Crippen molar-refractivity contribution >= 4 is 16.8 Å². The van der Waals surface area contributed by atoms with Gasteiger partial charge in [-0.1, -0.05) is 49.4 Å². The van der Waals surface area contributed by atoms with Crippen molar-refractivity contribution in [3.05, 3.63) is 77.2 Å². The van der Waals surface area contributed by atoms with Gasteiger partial charge in [0.25, 0.3) is 0 Å². The third-order valence-electron chi connectivity index (χ3n) is 5.49. The van der Waals surface area contributed by atoms with Crippen LogP contribution in [0, 0.1) is 0 Å². The van der Waals surface area contributed by atoms with Crippen molar-refractivity contribution in [2.75, 3.05) is 6.61 Å². The van der Waals surface area contributed by atoms with E-state index in [0.717, 1.165) is 28.5 Å². The van der Waals surface area contributed by atoms with Crippen molar-refractivity contribution in [2.24, 2.45) is 0 Å². The highest BCUT2D eigenvalue weighted by Crippen LogP contribution is 2.32. The van der Waals surface area contributed by atoms with Crippen LogP contribution in [-0.2, 0) is 17.6 Å². The minimum atomic E-state index is -1.53. The molecule has 0 aliphatic carbocycles. The second kappa shape index (κ2) is 7.91. The van der Waals surface area contributed by atoms with Crippen LogP contribution in [0.25, 0.3) is 16.8 Å². The van der Waals surface area contributed by atoms with E-state index in [1.807, 2.05) is 30.5 Å². The summed E-state index contributed by atoms with van der Waals surface area (Å²) >= 11 is 0. The lowest BCUT2D eigenvalue weighted by molar-refractivity contribution is -0.0951. The van der Waals surface area contributed by atoms with Crippen molar-refractivity contribution in [2.45, 2.75) is 38.1 Å². The Bertz CT molecular complexity index is 1040. The zero-order valence-corrected chi connectivity index (χ0v) is 16.2. The average Bonchev–Trinajstić information content (AvgIpc) is 3.11. The van der Waals surface area contributed by atoms with E-state index in [-0.39, 0.29) is 5.88 Å². The fourth-order valence-electron chi connectivity index (χ4n) is 3.76. The summed E-state index contributed by atoms with van der Waals surface area (Å²) in [7, 11) is 0. The number of benzene rings is 2. The lowest BCUT2D eigenvalue weighted by Crippen LogP contribution is -2.46. The number of aliphatic hydroxyl groups excluding tert-OH is 4. The summed E-state index contributed by atoms with van der Waals surface area (Å²) in [5.41, 5.74) is 4.28. The van der Waals surface area contributed by atoms with Crippen LogP contribution in [0.3, 0.4) is 0 Å². The molecule has 1 aliphatic rings. The molecule has 4 rings (SSSR count). The molecule has 29 heavy (non-hydrogen) atoms. The molecule has 0 spiro atoms. The van der Waals surface area contributed by atoms with Crippen LogP contribution in [0.15, 0.2) is 60.5 Å². The van der Waals surface area contributed by atoms with Crippen LogP contribution in [0.5, 0.6) is 0 Å². The fourth-order valence-corrected chi connectivity index (χ4v) is 3.76. The molecule has 3 aromatic rings. The molecule has 0 saturated carbocycles. The molecule has 152 valence electrons. The molecule has 6 nitrogen and oxygen atoms in total. The van der Waals surface area contributed by atoms with Crippen LogP contribution >= 0.6 is 0 Å². The molecule has 1 unspecified atom stereocenters. The van der Waals surface area contributed by atoms with Crippen molar-refractivity contribution < 1.29 is 25.2 Å². The van der Waals surface area contributed by atoms with Crippen molar-refractivity contribution in [3.63, 3.8) is 0 Å². The fraction of sp³-hybridized carbons (Fsp3) is 0.304. The van der Waals surface area contributed by atoms with Gasteiger partial charge in [0.05, 0.1) is 12.1 Å². The lowest BCUT2D eigenvalue weighted by atomic mass is 10.0. The SMILES string of the molecule is CCc1ccc(Cc2cn(C3=C(O)C(O)[C@H](O)[C@@H](CO)O3)c3ccccc23)cc1. The van der Waals surface area contributed by atoms with Gasteiger partial charge in [-0.2, -0.15) is 0 Å². The second-order valence-electron chi connectivity index (χ2n) is 7.35. The molecule has 2 aromatic carbocycles. The Kier molecular flexibility index (Phi) is 5.32. The predicted molar refractivity (Wildman–Crippen MR) is 110 cm³/mol. The molecule has 2 heterocycles. The first-order valence-corrected chi connectivity index (χ1v) is 9.77. The highest BCUT2D eigenvalue weighted by Gasteiger charge is 2.39. The predicted octanol–water partition coefficient (Wildman–Crippen LogP) is 2.59. The lowest BCUT2D eigenvalue weighted by Gasteiger charge is -2.32. The van der Waals surface area contributed by atoms with Crippen LogP contribution in [-0.4, -0.2) is 49.9 Å². The van der Waals surface area contributed by atoms with E-state index in [1.54, 1.807) is 4.57 Å². The highest BCUT2D eigenvalue weighted by molar-refractivity contribution is 5.87. The van der Waals surface area contributed by atoms with E-state index in [1.165, 1.54) is 5.56 Å². The molecule has 0 saturated heterocycles. The van der Waals surface area contributed by atoms with Gasteiger partial charge >= 0.3 is 0 Å². The Hall–Kier alpha value is -2.80. The quantitative estimate of drug-likeness (QED) is 0.533. The number of nitrogens with zero attached hydrogens (tertiary/aromatic N) is 1. The number of rotatable bonds is 5. The van der Waals surface area contributed by atoms with Crippen molar-refractivity contribution in [1.82, 2.24) is 4.57 Å². The topological polar surface area (TPSA) is 95.1 Å². The first-order chi connectivity index (χ1) is 14.0. The average molecular weight is 395 g/mol. The number of aromatic nitrogens is 1. The Labute approximate surface area is 168 Å². The van der Waals surface area contributed by atoms with E-state index in [9.17, 15) is 20.4 Å². The van der Waals surface area contributed by atoms with Gasteiger partial charge in [0.2, 0.25) is 5.88 Å². The minimum Gasteiger partial charge on any atom is -0.505 e. The van der Waals surface area contributed by atoms with Crippen molar-refractivity contribution in [1.29, 1.82) is 0 Å². The standard InChI is InChI=1S/C23H25NO5/c1-2-14-7-9-15(10-8-14)11-16-12-24(18-6-4-3-5-17(16)18)23-22(28)21(27)20(26)19(13-25)29-23/h3-10,12,19-21,25-28H,2,11,13H2,1H3/t19-,20-,21?/m1/s1. The van der Waals surface area contributed by atoms with Gasteiger partial charge in [-0.15, -0.1) is 0 Å². The van der Waals surface area contributed by atoms with Gasteiger partial charge in [-0.3, -0.25) is 4.57 Å². The molecule has 0 fully saturated rings. The van der Waals surface area contributed by atoms with Crippen LogP contribution in [0.1, 0.15) is 23.6 Å². The van der Waals surface area contributed by atoms with Crippen molar-refractivity contribution in [3.8, 4) is 0 Å². The maximum atomic E-state index is 10.4. The van der Waals surface area contributed by atoms with Gasteiger partial charge in [0.1, 0.15) is 12.2 Å². The Morgan fingerprint density at radius 2 is 1.69 bits per heavy atom. The number of fused-ring (bicyclic) bond motifs is 1. The van der Waals surface area contributed by atoms with E-state index in [0.29, 0.717) is 6.42 Å². The smallest absolute Gasteiger partial charge is 0.240 e. The largest absolute Gasteiger partial charge is 0.505 e. The monoisotopic (exact) mass is 395 g/mol. The van der Waals surface area contributed by atoms with Crippen LogP contribution in [0.4, 0.5) is 0 Å². The van der Waals surface area contributed by atoms with Gasteiger partial charge < -0.3 is 25.2 Å². The molecule has 1 aromatic heterocycles. The number of hydrogen-bond donors (Lipinski definition) is 4. The van der Waals surface area contributed by atoms with E-state index in [4.69, 9.17) is 4.74 Å². The van der Waals surface area contributed by atoms with E-state index < -0.39 is 30.7 Å². The number of ether oxygens (including phenoxy) is 1. The summed E-state index contributed by atoms with van der Waals surface area (Å²) in [4.78, 5) is 0. The highest BCUT2D eigenvalue weighted by atomic mass is 16.5. The van der Waals surface area contributed by atoms with Crippen LogP contribution in [0.2, 0.25) is 0 Å². The van der Waals surface area contributed by atoms with Crippen LogP contribution < -0.4 is 0 Å². The van der Waals surface area contributed by atoms with Gasteiger partial charge in [-0.25, -0.2) is 0 Å². The molecular formula is C23H25NO5. The molecule has 6 heteroatoms. The molecule has 3 atom stereocenters. The minimum absolute atomic E-state index is 0.0191. The Morgan fingerprint density at radius 1 is 1.00 bits per heavy atom. The molecule has 4 N–H and O–H groups in total. The number of aryl methyl sites for hydroxylation is 1. The third kappa shape index (κ3) is 3.51. The third-order valence-corrected chi connectivity index (χ3v) is 5.49. The van der Waals surface area contributed by atoms with E-state index >= 15 is 0 Å². The molecule has 0 bridgehead atoms. The zero-order valence-electron chi connectivity index (χ0n) is 16.2. The van der Waals surface area contributed by atoms with Gasteiger partial charge in [0, 0.05) is 11.6 Å².